The minimum Gasteiger partial charge on any atom is -0.460 e. The summed E-state index contributed by atoms with van der Waals surface area (Å²) in [5.74, 6) is -1.11. The van der Waals surface area contributed by atoms with Crippen molar-refractivity contribution in [2.45, 2.75) is 33.3 Å². The van der Waals surface area contributed by atoms with Crippen LogP contribution in [0.5, 0.6) is 0 Å². The minimum atomic E-state index is -0.883. The highest BCUT2D eigenvalue weighted by Gasteiger charge is 2.19. The summed E-state index contributed by atoms with van der Waals surface area (Å²) in [4.78, 5) is 32.0. The van der Waals surface area contributed by atoms with E-state index in [0.717, 1.165) is 0 Å². The third kappa shape index (κ3) is 8.76. The van der Waals surface area contributed by atoms with Crippen molar-refractivity contribution in [1.29, 1.82) is 0 Å². The van der Waals surface area contributed by atoms with Crippen LogP contribution >= 0.6 is 0 Å². The predicted octanol–water partition coefficient (Wildman–Crippen LogP) is 1.47. The van der Waals surface area contributed by atoms with Crippen LogP contribution in [0.4, 0.5) is 4.79 Å². The fourth-order valence-electron chi connectivity index (χ4n) is 0.864. The topological polar surface area (TPSA) is 80.6 Å². The van der Waals surface area contributed by atoms with E-state index in [2.05, 4.69) is 9.98 Å². The third-order valence-electron chi connectivity index (χ3n) is 1.46. The second kappa shape index (κ2) is 7.50. The first-order chi connectivity index (χ1) is 8.65. The molecule has 0 heterocycles. The van der Waals surface area contributed by atoms with Gasteiger partial charge in [0.25, 0.3) is 0 Å². The Hall–Kier alpha value is -1.92. The average Bonchev–Trinajstić information content (AvgIpc) is 2.21. The molecule has 0 rings (SSSR count). The first kappa shape index (κ1) is 17.1. The molecule has 0 aromatic heterocycles. The maximum Gasteiger partial charge on any atom is 0.436 e. The molecule has 0 aliphatic carbocycles. The molecule has 0 N–H and O–H groups in total. The third-order valence-corrected chi connectivity index (χ3v) is 1.46. The Balaban J connectivity index is 5.01. The maximum atomic E-state index is 11.6. The predicted molar refractivity (Wildman–Crippen MR) is 72.5 cm³/mol. The Morgan fingerprint density at radius 1 is 1.26 bits per heavy atom. The summed E-state index contributed by atoms with van der Waals surface area (Å²) in [7, 11) is 3.44. The summed E-state index contributed by atoms with van der Waals surface area (Å²) in [6, 6.07) is 0. The first-order valence-electron chi connectivity index (χ1n) is 5.85. The van der Waals surface area contributed by atoms with Crippen molar-refractivity contribution in [3.8, 4) is 0 Å². The molecular weight excluding hydrogens is 250 g/mol. The molecule has 0 aliphatic heterocycles. The van der Waals surface area contributed by atoms with Crippen LogP contribution in [-0.4, -0.2) is 55.4 Å². The molecule has 0 aromatic rings. The zero-order valence-corrected chi connectivity index (χ0v) is 12.3. The van der Waals surface area contributed by atoms with E-state index < -0.39 is 17.7 Å². The van der Waals surface area contributed by atoms with Gasteiger partial charge in [0.1, 0.15) is 5.60 Å². The smallest absolute Gasteiger partial charge is 0.436 e. The van der Waals surface area contributed by atoms with Gasteiger partial charge in [0.05, 0.1) is 12.9 Å². The zero-order chi connectivity index (χ0) is 15.1. The lowest BCUT2D eigenvalue weighted by atomic mass is 10.2. The van der Waals surface area contributed by atoms with Crippen molar-refractivity contribution >= 4 is 24.2 Å². The molecule has 0 bridgehead atoms. The Kier molecular flexibility index (Phi) is 6.74. The van der Waals surface area contributed by atoms with Gasteiger partial charge in [0.2, 0.25) is 5.84 Å². The first-order valence-corrected chi connectivity index (χ1v) is 5.85. The van der Waals surface area contributed by atoms with Crippen LogP contribution in [0.1, 0.15) is 27.7 Å². The number of esters is 1. The number of hydrogen-bond donors (Lipinski definition) is 0. The quantitative estimate of drug-likeness (QED) is 0.431. The fraction of sp³-hybridized carbons (Fsp3) is 0.667. The van der Waals surface area contributed by atoms with Crippen LogP contribution in [0.25, 0.3) is 0 Å². The number of amidine groups is 1. The summed E-state index contributed by atoms with van der Waals surface area (Å²) < 4.78 is 9.74. The van der Waals surface area contributed by atoms with Gasteiger partial charge < -0.3 is 14.4 Å². The Labute approximate surface area is 113 Å². The number of aliphatic imine (C=N–C) groups is 2. The lowest BCUT2D eigenvalue weighted by Gasteiger charge is -2.17. The summed E-state index contributed by atoms with van der Waals surface area (Å²) >= 11 is 0. The van der Waals surface area contributed by atoms with Crippen LogP contribution in [-0.2, 0) is 14.3 Å². The van der Waals surface area contributed by atoms with Crippen LogP contribution in [0.3, 0.4) is 0 Å². The minimum absolute atomic E-state index is 0.170. The van der Waals surface area contributed by atoms with Gasteiger partial charge in [-0.15, -0.1) is 4.99 Å². The number of carbonyl (C=O) groups is 2. The molecule has 7 nitrogen and oxygen atoms in total. The molecule has 0 spiro atoms. The molecule has 19 heavy (non-hydrogen) atoms. The average molecular weight is 271 g/mol. The van der Waals surface area contributed by atoms with Gasteiger partial charge in [-0.25, -0.2) is 14.6 Å². The van der Waals surface area contributed by atoms with Crippen molar-refractivity contribution in [2.24, 2.45) is 9.98 Å². The number of rotatable bonds is 2. The molecule has 0 radical (unpaired) electrons. The van der Waals surface area contributed by atoms with E-state index in [-0.39, 0.29) is 12.4 Å². The zero-order valence-electron chi connectivity index (χ0n) is 12.3. The number of ether oxygens (including phenoxy) is 2. The van der Waals surface area contributed by atoms with Crippen molar-refractivity contribution < 1.29 is 19.1 Å². The van der Waals surface area contributed by atoms with E-state index >= 15 is 0 Å². The molecule has 0 unspecified atom stereocenters. The van der Waals surface area contributed by atoms with Gasteiger partial charge in [0, 0.05) is 14.1 Å². The summed E-state index contributed by atoms with van der Waals surface area (Å²) in [5, 5.41) is 0. The largest absolute Gasteiger partial charge is 0.460 e. The monoisotopic (exact) mass is 271 g/mol. The molecule has 7 heteroatoms. The molecule has 0 aliphatic rings. The van der Waals surface area contributed by atoms with Crippen molar-refractivity contribution in [2.75, 3.05) is 20.7 Å². The van der Waals surface area contributed by atoms with Gasteiger partial charge in [-0.05, 0) is 27.7 Å². The second-order valence-electron chi connectivity index (χ2n) is 4.84. The summed E-state index contributed by atoms with van der Waals surface area (Å²) in [6.07, 6.45) is 0.464. The van der Waals surface area contributed by atoms with E-state index in [9.17, 15) is 9.59 Å². The van der Waals surface area contributed by atoms with Gasteiger partial charge in [0.15, 0.2) is 0 Å². The normalized spacial score (nSPS) is 12.4. The highest BCUT2D eigenvalue weighted by molar-refractivity contribution is 6.38. The fourth-order valence-corrected chi connectivity index (χ4v) is 0.864. The van der Waals surface area contributed by atoms with E-state index in [0.29, 0.717) is 0 Å². The number of amides is 1. The van der Waals surface area contributed by atoms with Gasteiger partial charge in [-0.1, -0.05) is 0 Å². The van der Waals surface area contributed by atoms with Crippen molar-refractivity contribution in [3.63, 3.8) is 0 Å². The molecule has 108 valence electrons. The lowest BCUT2D eigenvalue weighted by Crippen LogP contribution is -2.25. The second-order valence-corrected chi connectivity index (χ2v) is 4.84. The van der Waals surface area contributed by atoms with Crippen LogP contribution in [0.15, 0.2) is 9.98 Å². The van der Waals surface area contributed by atoms with Crippen LogP contribution in [0, 0.1) is 0 Å². The lowest BCUT2D eigenvalue weighted by molar-refractivity contribution is -0.135. The highest BCUT2D eigenvalue weighted by atomic mass is 16.6. The molecule has 0 saturated carbocycles. The highest BCUT2D eigenvalue weighted by Crippen LogP contribution is 2.08. The molecular formula is C12H21N3O4. The Morgan fingerprint density at radius 2 is 1.84 bits per heavy atom. The number of carbonyl (C=O) groups excluding carboxylic acids is 2. The molecule has 0 fully saturated rings. The number of hydrogen-bond acceptors (Lipinski definition) is 4. The summed E-state index contributed by atoms with van der Waals surface area (Å²) in [5.41, 5.74) is -0.689. The van der Waals surface area contributed by atoms with Crippen molar-refractivity contribution in [1.82, 2.24) is 4.90 Å². The summed E-state index contributed by atoms with van der Waals surface area (Å²) in [6.45, 7) is 6.93. The van der Waals surface area contributed by atoms with E-state index in [4.69, 9.17) is 9.47 Å². The standard InChI is InChI=1S/C12H21N3O4/c1-7-18-10(16)9(13-8-15(5)6)14-11(17)19-12(2,3)4/h8H,7H2,1-6H3/b13-8?,14-9+. The maximum absolute atomic E-state index is 11.6. The van der Waals surface area contributed by atoms with Gasteiger partial charge >= 0.3 is 12.1 Å². The molecule has 0 atom stereocenters. The van der Waals surface area contributed by atoms with Gasteiger partial charge in [-0.2, -0.15) is 0 Å². The van der Waals surface area contributed by atoms with E-state index in [1.165, 1.54) is 6.34 Å². The van der Waals surface area contributed by atoms with Gasteiger partial charge in [-0.3, -0.25) is 0 Å². The SMILES string of the molecule is CCOC(=O)/C(N=CN(C)C)=N\C(=O)OC(C)(C)C. The molecule has 0 aromatic carbocycles. The number of nitrogens with zero attached hydrogens (tertiary/aromatic N) is 3. The van der Waals surface area contributed by atoms with E-state index in [1.54, 1.807) is 46.7 Å². The molecule has 1 amide bonds. The Bertz CT molecular complexity index is 381. The van der Waals surface area contributed by atoms with E-state index in [1.807, 2.05) is 0 Å². The van der Waals surface area contributed by atoms with Crippen LogP contribution < -0.4 is 0 Å². The van der Waals surface area contributed by atoms with Crippen molar-refractivity contribution in [3.05, 3.63) is 0 Å². The van der Waals surface area contributed by atoms with Crippen LogP contribution in [0.2, 0.25) is 0 Å². The Morgan fingerprint density at radius 3 is 2.26 bits per heavy atom. The molecule has 0 saturated heterocycles.